The fraction of sp³-hybridized carbons (Fsp3) is 0.524. The van der Waals surface area contributed by atoms with Crippen molar-refractivity contribution >= 4 is 17.7 Å². The second-order valence-corrected chi connectivity index (χ2v) is 7.76. The number of allylic oxidation sites excluding steroid dienone is 3. The highest BCUT2D eigenvalue weighted by Crippen LogP contribution is 2.08. The standard InChI is InChI=1S/C21H33N3O2S/c1-4-8-18(2)9-5-13-23-14-6-10-19(17-23)11-7-15-24(22)20(21(25)26)12-16-27-3/h4,6,8,10,14,17,20H,1,5,7,9,11-13,15-16,22H2,2-3H3/p+1/b18-8+. The van der Waals surface area contributed by atoms with Crippen LogP contribution < -0.4 is 10.4 Å². The molecule has 0 aliphatic heterocycles. The minimum atomic E-state index is -0.843. The van der Waals surface area contributed by atoms with E-state index in [4.69, 9.17) is 5.84 Å². The molecular formula is C21H34N3O2S+. The average molecular weight is 393 g/mol. The molecule has 5 nitrogen and oxygen atoms in total. The molecule has 0 aliphatic carbocycles. The smallest absolute Gasteiger partial charge is 0.322 e. The molecule has 1 rings (SSSR count). The maximum absolute atomic E-state index is 11.4. The monoisotopic (exact) mass is 392 g/mol. The van der Waals surface area contributed by atoms with Gasteiger partial charge in [0, 0.05) is 24.6 Å². The third-order valence-corrected chi connectivity index (χ3v) is 5.12. The second-order valence-electron chi connectivity index (χ2n) is 6.78. The summed E-state index contributed by atoms with van der Waals surface area (Å²) in [6, 6.07) is 3.58. The van der Waals surface area contributed by atoms with Crippen molar-refractivity contribution in [2.75, 3.05) is 18.6 Å². The molecule has 0 saturated carbocycles. The Labute approximate surface area is 167 Å². The molecule has 0 amide bonds. The lowest BCUT2D eigenvalue weighted by atomic mass is 10.1. The number of hydrogen-bond acceptors (Lipinski definition) is 4. The number of rotatable bonds is 14. The number of hydrazine groups is 1. The van der Waals surface area contributed by atoms with Gasteiger partial charge in [-0.3, -0.25) is 10.6 Å². The average Bonchev–Trinajstić information content (AvgIpc) is 2.62. The molecule has 0 radical (unpaired) electrons. The van der Waals surface area contributed by atoms with Crippen LogP contribution >= 0.6 is 11.8 Å². The molecule has 1 unspecified atom stereocenters. The van der Waals surface area contributed by atoms with Gasteiger partial charge >= 0.3 is 5.97 Å². The largest absolute Gasteiger partial charge is 0.480 e. The number of thioether (sulfide) groups is 1. The van der Waals surface area contributed by atoms with Gasteiger partial charge in [0.2, 0.25) is 0 Å². The molecule has 0 fully saturated rings. The van der Waals surface area contributed by atoms with E-state index in [9.17, 15) is 9.90 Å². The Morgan fingerprint density at radius 3 is 2.93 bits per heavy atom. The van der Waals surface area contributed by atoms with Gasteiger partial charge in [0.15, 0.2) is 12.4 Å². The third kappa shape index (κ3) is 9.75. The van der Waals surface area contributed by atoms with Crippen LogP contribution in [0.5, 0.6) is 0 Å². The number of carbonyl (C=O) groups is 1. The number of aromatic nitrogens is 1. The zero-order valence-electron chi connectivity index (χ0n) is 16.6. The van der Waals surface area contributed by atoms with Crippen molar-refractivity contribution in [3.8, 4) is 0 Å². The van der Waals surface area contributed by atoms with Crippen LogP contribution in [-0.4, -0.2) is 40.7 Å². The van der Waals surface area contributed by atoms with E-state index in [1.165, 1.54) is 16.1 Å². The van der Waals surface area contributed by atoms with Crippen LogP contribution in [0.2, 0.25) is 0 Å². The molecule has 1 aromatic heterocycles. The Balaban J connectivity index is 2.45. The molecule has 0 bridgehead atoms. The highest BCUT2D eigenvalue weighted by molar-refractivity contribution is 7.98. The van der Waals surface area contributed by atoms with E-state index in [1.807, 2.05) is 12.3 Å². The van der Waals surface area contributed by atoms with Crippen LogP contribution in [0.4, 0.5) is 0 Å². The molecule has 1 atom stereocenters. The molecule has 0 aromatic carbocycles. The minimum absolute atomic E-state index is 0.568. The van der Waals surface area contributed by atoms with Crippen LogP contribution in [0.1, 0.15) is 38.2 Å². The number of pyridine rings is 1. The molecule has 6 heteroatoms. The number of nitrogens with two attached hydrogens (primary N) is 1. The van der Waals surface area contributed by atoms with E-state index in [-0.39, 0.29) is 0 Å². The van der Waals surface area contributed by atoms with Crippen molar-refractivity contribution in [2.24, 2.45) is 5.84 Å². The third-order valence-electron chi connectivity index (χ3n) is 4.47. The van der Waals surface area contributed by atoms with Crippen LogP contribution in [-0.2, 0) is 17.8 Å². The van der Waals surface area contributed by atoms with E-state index >= 15 is 0 Å². The van der Waals surface area contributed by atoms with Gasteiger partial charge in [0.1, 0.15) is 12.6 Å². The maximum atomic E-state index is 11.4. The summed E-state index contributed by atoms with van der Waals surface area (Å²) in [6.45, 7) is 7.41. The molecule has 27 heavy (non-hydrogen) atoms. The number of hydrogen-bond donors (Lipinski definition) is 2. The summed E-state index contributed by atoms with van der Waals surface area (Å²) in [5.74, 6) is 5.95. The Hall–Kier alpha value is -1.63. The van der Waals surface area contributed by atoms with Gasteiger partial charge in [-0.05, 0) is 50.7 Å². The first-order valence-corrected chi connectivity index (χ1v) is 10.9. The number of aryl methyl sites for hydroxylation is 2. The van der Waals surface area contributed by atoms with E-state index in [0.717, 1.165) is 38.0 Å². The predicted molar refractivity (Wildman–Crippen MR) is 113 cm³/mol. The van der Waals surface area contributed by atoms with Crippen molar-refractivity contribution in [2.45, 2.75) is 51.6 Å². The molecular weight excluding hydrogens is 358 g/mol. The van der Waals surface area contributed by atoms with Gasteiger partial charge in [-0.15, -0.1) is 0 Å². The molecule has 3 N–H and O–H groups in total. The first-order valence-electron chi connectivity index (χ1n) is 9.47. The van der Waals surface area contributed by atoms with Crippen molar-refractivity contribution in [3.05, 3.63) is 54.4 Å². The zero-order valence-corrected chi connectivity index (χ0v) is 17.5. The molecule has 0 spiro atoms. The number of carboxylic acids is 1. The van der Waals surface area contributed by atoms with Crippen molar-refractivity contribution in [1.82, 2.24) is 5.01 Å². The fourth-order valence-corrected chi connectivity index (χ4v) is 3.43. The molecule has 150 valence electrons. The molecule has 1 aromatic rings. The van der Waals surface area contributed by atoms with Gasteiger partial charge < -0.3 is 5.11 Å². The minimum Gasteiger partial charge on any atom is -0.480 e. The molecule has 1 heterocycles. The normalized spacial score (nSPS) is 13.0. The lowest BCUT2D eigenvalue weighted by Crippen LogP contribution is -2.46. The predicted octanol–water partition coefficient (Wildman–Crippen LogP) is 3.20. The highest BCUT2D eigenvalue weighted by Gasteiger charge is 2.22. The lowest BCUT2D eigenvalue weighted by Gasteiger charge is -2.23. The van der Waals surface area contributed by atoms with Gasteiger partial charge in [-0.2, -0.15) is 11.8 Å². The van der Waals surface area contributed by atoms with E-state index < -0.39 is 12.0 Å². The van der Waals surface area contributed by atoms with Gasteiger partial charge in [-0.1, -0.05) is 24.3 Å². The first-order chi connectivity index (χ1) is 13.0. The first kappa shape index (κ1) is 23.4. The Bertz CT molecular complexity index is 619. The summed E-state index contributed by atoms with van der Waals surface area (Å²) >= 11 is 1.64. The zero-order chi connectivity index (χ0) is 20.1. The molecule has 0 aliphatic rings. The maximum Gasteiger partial charge on any atom is 0.322 e. The van der Waals surface area contributed by atoms with Crippen LogP contribution in [0.3, 0.4) is 0 Å². The van der Waals surface area contributed by atoms with Gasteiger partial charge in [0.05, 0.1) is 0 Å². The summed E-state index contributed by atoms with van der Waals surface area (Å²) < 4.78 is 2.22. The summed E-state index contributed by atoms with van der Waals surface area (Å²) in [5, 5.41) is 10.8. The van der Waals surface area contributed by atoms with E-state index in [1.54, 1.807) is 11.8 Å². The van der Waals surface area contributed by atoms with Crippen LogP contribution in [0.25, 0.3) is 0 Å². The van der Waals surface area contributed by atoms with E-state index in [2.05, 4.69) is 48.7 Å². The number of aliphatic carboxylic acids is 1. The Morgan fingerprint density at radius 2 is 2.26 bits per heavy atom. The van der Waals surface area contributed by atoms with Gasteiger partial charge in [-0.25, -0.2) is 9.58 Å². The summed E-state index contributed by atoms with van der Waals surface area (Å²) in [5.41, 5.74) is 2.60. The van der Waals surface area contributed by atoms with Crippen molar-refractivity contribution < 1.29 is 14.5 Å². The van der Waals surface area contributed by atoms with Crippen LogP contribution in [0, 0.1) is 0 Å². The molecule has 0 saturated heterocycles. The number of carboxylic acid groups (broad SMARTS) is 1. The highest BCUT2D eigenvalue weighted by atomic mass is 32.2. The Kier molecular flexibility index (Phi) is 11.7. The lowest BCUT2D eigenvalue weighted by molar-refractivity contribution is -0.697. The Morgan fingerprint density at radius 1 is 1.48 bits per heavy atom. The van der Waals surface area contributed by atoms with Crippen LogP contribution in [0.15, 0.2) is 48.8 Å². The fourth-order valence-electron chi connectivity index (χ4n) is 2.97. The second kappa shape index (κ2) is 13.5. The van der Waals surface area contributed by atoms with Gasteiger partial charge in [0.25, 0.3) is 0 Å². The summed E-state index contributed by atoms with van der Waals surface area (Å²) in [7, 11) is 0. The van der Waals surface area contributed by atoms with Crippen molar-refractivity contribution in [1.29, 1.82) is 0 Å². The van der Waals surface area contributed by atoms with Crippen molar-refractivity contribution in [3.63, 3.8) is 0 Å². The quantitative estimate of drug-likeness (QED) is 0.220. The van der Waals surface area contributed by atoms with E-state index in [0.29, 0.717) is 13.0 Å². The summed E-state index contributed by atoms with van der Waals surface area (Å²) in [4.78, 5) is 11.4. The SMILES string of the molecule is C=C/C=C(\C)CCC[n+]1cccc(CCCN(N)C(CCSC)C(=O)O)c1. The summed E-state index contributed by atoms with van der Waals surface area (Å²) in [6.07, 6.45) is 14.6. The topological polar surface area (TPSA) is 70.4 Å². The number of nitrogens with zero attached hydrogens (tertiary/aromatic N) is 2.